The molecule has 0 saturated carbocycles. The van der Waals surface area contributed by atoms with E-state index in [2.05, 4.69) is 17.0 Å². The van der Waals surface area contributed by atoms with Crippen LogP contribution in [0.2, 0.25) is 0 Å². The Hall–Kier alpha value is -1.68. The molecule has 0 spiro atoms. The second kappa shape index (κ2) is 5.10. The lowest BCUT2D eigenvalue weighted by Crippen LogP contribution is -2.05. The van der Waals surface area contributed by atoms with Crippen LogP contribution in [-0.4, -0.2) is 19.9 Å². The fourth-order valence-corrected chi connectivity index (χ4v) is 1.81. The Labute approximate surface area is 101 Å². The number of hydrogen-bond acceptors (Lipinski definition) is 3. The molecule has 4 nitrogen and oxygen atoms in total. The van der Waals surface area contributed by atoms with Gasteiger partial charge in [-0.1, -0.05) is 32.0 Å². The summed E-state index contributed by atoms with van der Waals surface area (Å²) in [5, 5.41) is 13.8. The number of nitrogens with zero attached hydrogens (tertiary/aromatic N) is 3. The quantitative estimate of drug-likeness (QED) is 0.874. The van der Waals surface area contributed by atoms with Gasteiger partial charge < -0.3 is 5.11 Å². The summed E-state index contributed by atoms with van der Waals surface area (Å²) in [5.41, 5.74) is 1.79. The molecule has 1 aromatic carbocycles. The van der Waals surface area contributed by atoms with E-state index in [1.54, 1.807) is 0 Å². The molecule has 2 rings (SSSR count). The third kappa shape index (κ3) is 2.22. The highest BCUT2D eigenvalue weighted by atomic mass is 16.3. The Kier molecular flexibility index (Phi) is 3.54. The van der Waals surface area contributed by atoms with Crippen molar-refractivity contribution in [3.05, 3.63) is 41.5 Å². The molecular weight excluding hydrogens is 214 g/mol. The molecule has 1 aromatic heterocycles. The van der Waals surface area contributed by atoms with Gasteiger partial charge in [-0.3, -0.25) is 0 Å². The van der Waals surface area contributed by atoms with E-state index >= 15 is 0 Å². The predicted octanol–water partition coefficient (Wildman–Crippen LogP) is 1.88. The molecular formula is C13H17N3O. The first kappa shape index (κ1) is 11.8. The summed E-state index contributed by atoms with van der Waals surface area (Å²) in [6.07, 6.45) is 1.65. The number of para-hydroxylation sites is 1. The van der Waals surface area contributed by atoms with Crippen molar-refractivity contribution < 1.29 is 5.11 Å². The number of benzene rings is 1. The summed E-state index contributed by atoms with van der Waals surface area (Å²) in [6.45, 7) is 4.11. The minimum absolute atomic E-state index is 0.0145. The highest BCUT2D eigenvalue weighted by Crippen LogP contribution is 2.16. The topological polar surface area (TPSA) is 50.9 Å². The fraction of sp³-hybridized carbons (Fsp3) is 0.385. The van der Waals surface area contributed by atoms with Gasteiger partial charge in [-0.05, 0) is 6.07 Å². The van der Waals surface area contributed by atoms with Crippen LogP contribution in [0.25, 0.3) is 5.69 Å². The predicted molar refractivity (Wildman–Crippen MR) is 66.0 cm³/mol. The molecule has 0 saturated heterocycles. The molecule has 1 N–H and O–H groups in total. The molecule has 1 heterocycles. The number of aryl methyl sites for hydroxylation is 2. The molecule has 0 aliphatic carbocycles. The van der Waals surface area contributed by atoms with Crippen LogP contribution in [0.4, 0.5) is 0 Å². The zero-order chi connectivity index (χ0) is 12.3. The SMILES string of the molecule is CCc1nc(CC)n(-c2ccccc2CO)n1. The van der Waals surface area contributed by atoms with E-state index in [1.807, 2.05) is 35.9 Å². The number of hydrogen-bond donors (Lipinski definition) is 1. The van der Waals surface area contributed by atoms with Gasteiger partial charge in [0, 0.05) is 18.4 Å². The molecule has 0 fully saturated rings. The lowest BCUT2D eigenvalue weighted by Gasteiger charge is -2.08. The highest BCUT2D eigenvalue weighted by Gasteiger charge is 2.11. The highest BCUT2D eigenvalue weighted by molar-refractivity contribution is 5.40. The van der Waals surface area contributed by atoms with Crippen molar-refractivity contribution in [2.75, 3.05) is 0 Å². The largest absolute Gasteiger partial charge is 0.392 e. The Morgan fingerprint density at radius 2 is 1.94 bits per heavy atom. The minimum atomic E-state index is 0.0145. The Bertz CT molecular complexity index is 505. The van der Waals surface area contributed by atoms with Crippen molar-refractivity contribution in [2.24, 2.45) is 0 Å². The lowest BCUT2D eigenvalue weighted by atomic mass is 10.2. The van der Waals surface area contributed by atoms with Gasteiger partial charge in [0.1, 0.15) is 5.82 Å². The maximum atomic E-state index is 9.35. The molecule has 0 bridgehead atoms. The summed E-state index contributed by atoms with van der Waals surface area (Å²) in [5.74, 6) is 1.78. The molecule has 0 amide bonds. The smallest absolute Gasteiger partial charge is 0.151 e. The van der Waals surface area contributed by atoms with E-state index in [0.717, 1.165) is 35.7 Å². The van der Waals surface area contributed by atoms with Crippen molar-refractivity contribution in [1.29, 1.82) is 0 Å². The van der Waals surface area contributed by atoms with E-state index in [1.165, 1.54) is 0 Å². The van der Waals surface area contributed by atoms with Gasteiger partial charge in [0.05, 0.1) is 12.3 Å². The van der Waals surface area contributed by atoms with E-state index in [4.69, 9.17) is 0 Å². The third-order valence-corrected chi connectivity index (χ3v) is 2.74. The Morgan fingerprint density at radius 3 is 2.59 bits per heavy atom. The first-order valence-electron chi connectivity index (χ1n) is 5.94. The fourth-order valence-electron chi connectivity index (χ4n) is 1.81. The Morgan fingerprint density at radius 1 is 1.18 bits per heavy atom. The molecule has 4 heteroatoms. The van der Waals surface area contributed by atoms with Gasteiger partial charge in [-0.2, -0.15) is 5.10 Å². The molecule has 0 radical (unpaired) electrons. The monoisotopic (exact) mass is 231 g/mol. The first-order valence-corrected chi connectivity index (χ1v) is 5.94. The number of aliphatic hydroxyl groups excluding tert-OH is 1. The first-order chi connectivity index (χ1) is 8.30. The van der Waals surface area contributed by atoms with Crippen LogP contribution in [0.5, 0.6) is 0 Å². The number of rotatable bonds is 4. The summed E-state index contributed by atoms with van der Waals surface area (Å²) in [7, 11) is 0. The van der Waals surface area contributed by atoms with Crippen LogP contribution in [0.15, 0.2) is 24.3 Å². The van der Waals surface area contributed by atoms with Gasteiger partial charge in [-0.15, -0.1) is 0 Å². The second-order valence-electron chi connectivity index (χ2n) is 3.85. The minimum Gasteiger partial charge on any atom is -0.392 e. The van der Waals surface area contributed by atoms with Crippen molar-refractivity contribution in [3.8, 4) is 5.69 Å². The van der Waals surface area contributed by atoms with Gasteiger partial charge >= 0.3 is 0 Å². The van der Waals surface area contributed by atoms with Crippen molar-refractivity contribution >= 4 is 0 Å². The summed E-state index contributed by atoms with van der Waals surface area (Å²) in [6, 6.07) is 7.72. The summed E-state index contributed by atoms with van der Waals surface area (Å²) >= 11 is 0. The van der Waals surface area contributed by atoms with E-state index < -0.39 is 0 Å². The van der Waals surface area contributed by atoms with E-state index in [9.17, 15) is 5.11 Å². The van der Waals surface area contributed by atoms with E-state index in [0.29, 0.717) is 0 Å². The summed E-state index contributed by atoms with van der Waals surface area (Å²) < 4.78 is 1.84. The second-order valence-corrected chi connectivity index (χ2v) is 3.85. The average Bonchev–Trinajstić information content (AvgIpc) is 2.81. The average molecular weight is 231 g/mol. The lowest BCUT2D eigenvalue weighted by molar-refractivity contribution is 0.281. The molecule has 2 aromatic rings. The third-order valence-electron chi connectivity index (χ3n) is 2.74. The van der Waals surface area contributed by atoms with Gasteiger partial charge in [0.25, 0.3) is 0 Å². The molecule has 0 aliphatic rings. The van der Waals surface area contributed by atoms with Crippen LogP contribution in [0.3, 0.4) is 0 Å². The van der Waals surface area contributed by atoms with Crippen LogP contribution < -0.4 is 0 Å². The maximum absolute atomic E-state index is 9.35. The Balaban J connectivity index is 2.54. The standard InChI is InChI=1S/C13H17N3O/c1-3-12-14-13(4-2)16(15-12)11-8-6-5-7-10(11)9-17/h5-8,17H,3-4,9H2,1-2H3. The zero-order valence-corrected chi connectivity index (χ0v) is 10.2. The van der Waals surface area contributed by atoms with Crippen molar-refractivity contribution in [1.82, 2.24) is 14.8 Å². The van der Waals surface area contributed by atoms with Gasteiger partial charge in [0.15, 0.2) is 5.82 Å². The molecule has 0 unspecified atom stereocenters. The van der Waals surface area contributed by atoms with Gasteiger partial charge in [-0.25, -0.2) is 9.67 Å². The summed E-state index contributed by atoms with van der Waals surface area (Å²) in [4.78, 5) is 4.47. The molecule has 0 aliphatic heterocycles. The number of aliphatic hydroxyl groups is 1. The zero-order valence-electron chi connectivity index (χ0n) is 10.2. The van der Waals surface area contributed by atoms with E-state index in [-0.39, 0.29) is 6.61 Å². The number of aromatic nitrogens is 3. The van der Waals surface area contributed by atoms with Crippen molar-refractivity contribution in [2.45, 2.75) is 33.3 Å². The molecule has 90 valence electrons. The van der Waals surface area contributed by atoms with Crippen LogP contribution in [-0.2, 0) is 19.4 Å². The maximum Gasteiger partial charge on any atom is 0.151 e. The molecule has 17 heavy (non-hydrogen) atoms. The normalized spacial score (nSPS) is 10.8. The van der Waals surface area contributed by atoms with Crippen LogP contribution in [0.1, 0.15) is 31.1 Å². The van der Waals surface area contributed by atoms with Crippen LogP contribution >= 0.6 is 0 Å². The molecule has 0 atom stereocenters. The van der Waals surface area contributed by atoms with Crippen LogP contribution in [0, 0.1) is 0 Å². The van der Waals surface area contributed by atoms with Gasteiger partial charge in [0.2, 0.25) is 0 Å². The van der Waals surface area contributed by atoms with Crippen molar-refractivity contribution in [3.63, 3.8) is 0 Å².